The summed E-state index contributed by atoms with van der Waals surface area (Å²) in [5, 5.41) is 0.497. The topological polar surface area (TPSA) is 12.9 Å². The van der Waals surface area contributed by atoms with E-state index in [4.69, 9.17) is 11.6 Å². The summed E-state index contributed by atoms with van der Waals surface area (Å²) in [6.45, 7) is 1.66. The maximum atomic E-state index is 12.2. The SMILES string of the molecule is Cc1nc(F)ccc1Cl. The molecule has 0 aromatic carbocycles. The summed E-state index contributed by atoms with van der Waals surface area (Å²) in [6.07, 6.45) is 0. The van der Waals surface area contributed by atoms with Crippen molar-refractivity contribution in [1.29, 1.82) is 0 Å². The molecule has 0 fully saturated rings. The van der Waals surface area contributed by atoms with Crippen LogP contribution in [0.15, 0.2) is 12.1 Å². The third-order valence-corrected chi connectivity index (χ3v) is 1.39. The van der Waals surface area contributed by atoms with Crippen molar-refractivity contribution in [3.63, 3.8) is 0 Å². The van der Waals surface area contributed by atoms with Crippen molar-refractivity contribution in [3.05, 3.63) is 28.8 Å². The Bertz CT molecular complexity index is 224. The first-order valence-corrected chi connectivity index (χ1v) is 2.86. The van der Waals surface area contributed by atoms with Gasteiger partial charge in [-0.25, -0.2) is 4.98 Å². The van der Waals surface area contributed by atoms with Gasteiger partial charge in [0.2, 0.25) is 5.95 Å². The van der Waals surface area contributed by atoms with Gasteiger partial charge in [0.15, 0.2) is 0 Å². The van der Waals surface area contributed by atoms with E-state index in [1.54, 1.807) is 6.92 Å². The third kappa shape index (κ3) is 1.39. The largest absolute Gasteiger partial charge is 0.224 e. The van der Waals surface area contributed by atoms with E-state index in [-0.39, 0.29) is 0 Å². The quantitative estimate of drug-likeness (QED) is 0.510. The number of rotatable bonds is 0. The van der Waals surface area contributed by atoms with Crippen LogP contribution in [0.1, 0.15) is 5.69 Å². The molecule has 1 aromatic rings. The number of pyridine rings is 1. The fourth-order valence-electron chi connectivity index (χ4n) is 0.513. The predicted molar refractivity (Wildman–Crippen MR) is 33.9 cm³/mol. The highest BCUT2D eigenvalue weighted by Gasteiger charge is 1.95. The highest BCUT2D eigenvalue weighted by molar-refractivity contribution is 6.31. The van der Waals surface area contributed by atoms with Crippen molar-refractivity contribution in [2.24, 2.45) is 0 Å². The fraction of sp³-hybridized carbons (Fsp3) is 0.167. The normalized spacial score (nSPS) is 9.67. The van der Waals surface area contributed by atoms with Crippen LogP contribution in [0.3, 0.4) is 0 Å². The van der Waals surface area contributed by atoms with Crippen LogP contribution in [0.5, 0.6) is 0 Å². The first-order chi connectivity index (χ1) is 4.20. The van der Waals surface area contributed by atoms with Gasteiger partial charge in [-0.15, -0.1) is 0 Å². The van der Waals surface area contributed by atoms with E-state index in [0.29, 0.717) is 10.7 Å². The lowest BCUT2D eigenvalue weighted by Gasteiger charge is -1.92. The van der Waals surface area contributed by atoms with Crippen molar-refractivity contribution in [2.75, 3.05) is 0 Å². The van der Waals surface area contributed by atoms with E-state index < -0.39 is 5.95 Å². The van der Waals surface area contributed by atoms with Crippen LogP contribution in [0.2, 0.25) is 5.02 Å². The Morgan fingerprint density at radius 1 is 1.56 bits per heavy atom. The molecule has 0 aliphatic rings. The summed E-state index contributed by atoms with van der Waals surface area (Å²) in [5.41, 5.74) is 0.525. The maximum absolute atomic E-state index is 12.2. The molecule has 0 aliphatic carbocycles. The predicted octanol–water partition coefficient (Wildman–Crippen LogP) is 2.18. The van der Waals surface area contributed by atoms with Gasteiger partial charge < -0.3 is 0 Å². The molecule has 1 heterocycles. The Morgan fingerprint density at radius 2 is 2.22 bits per heavy atom. The minimum atomic E-state index is -0.489. The molecule has 48 valence electrons. The van der Waals surface area contributed by atoms with E-state index in [2.05, 4.69) is 4.98 Å². The Labute approximate surface area is 57.5 Å². The zero-order chi connectivity index (χ0) is 6.85. The summed E-state index contributed by atoms with van der Waals surface area (Å²) in [5.74, 6) is -0.489. The molecular weight excluding hydrogens is 141 g/mol. The molecule has 0 radical (unpaired) electrons. The molecule has 0 bridgehead atoms. The lowest BCUT2D eigenvalue weighted by molar-refractivity contribution is 0.580. The fourth-order valence-corrected chi connectivity index (χ4v) is 0.619. The van der Waals surface area contributed by atoms with Crippen molar-refractivity contribution in [1.82, 2.24) is 4.98 Å². The van der Waals surface area contributed by atoms with E-state index in [1.165, 1.54) is 12.1 Å². The number of halogens is 2. The maximum Gasteiger partial charge on any atom is 0.213 e. The zero-order valence-corrected chi connectivity index (χ0v) is 5.61. The van der Waals surface area contributed by atoms with Crippen LogP contribution in [0.4, 0.5) is 4.39 Å². The van der Waals surface area contributed by atoms with Crippen LogP contribution in [0.25, 0.3) is 0 Å². The van der Waals surface area contributed by atoms with E-state index in [9.17, 15) is 4.39 Å². The summed E-state index contributed by atoms with van der Waals surface area (Å²) in [4.78, 5) is 3.47. The van der Waals surface area contributed by atoms with Crippen LogP contribution >= 0.6 is 11.6 Å². The van der Waals surface area contributed by atoms with E-state index >= 15 is 0 Å². The van der Waals surface area contributed by atoms with E-state index in [1.807, 2.05) is 0 Å². The number of aryl methyl sites for hydroxylation is 1. The average molecular weight is 146 g/mol. The Balaban J connectivity index is 3.17. The lowest BCUT2D eigenvalue weighted by Crippen LogP contribution is -1.85. The molecule has 0 aliphatic heterocycles. The zero-order valence-electron chi connectivity index (χ0n) is 4.86. The summed E-state index contributed by atoms with van der Waals surface area (Å²) < 4.78 is 12.2. The highest BCUT2D eigenvalue weighted by atomic mass is 35.5. The van der Waals surface area contributed by atoms with Gasteiger partial charge >= 0.3 is 0 Å². The second-order valence-corrected chi connectivity index (χ2v) is 2.11. The monoisotopic (exact) mass is 145 g/mol. The molecule has 9 heavy (non-hydrogen) atoms. The number of hydrogen-bond acceptors (Lipinski definition) is 1. The molecule has 3 heteroatoms. The Morgan fingerprint density at radius 3 is 2.67 bits per heavy atom. The first-order valence-electron chi connectivity index (χ1n) is 2.49. The van der Waals surface area contributed by atoms with Gasteiger partial charge in [-0.05, 0) is 19.1 Å². The minimum Gasteiger partial charge on any atom is -0.224 e. The lowest BCUT2D eigenvalue weighted by atomic mass is 10.4. The van der Waals surface area contributed by atoms with Crippen LogP contribution in [-0.2, 0) is 0 Å². The molecule has 1 nitrogen and oxygen atoms in total. The number of nitrogens with zero attached hydrogens (tertiary/aromatic N) is 1. The molecule has 0 saturated heterocycles. The Hall–Kier alpha value is -0.630. The smallest absolute Gasteiger partial charge is 0.213 e. The summed E-state index contributed by atoms with van der Waals surface area (Å²) in [7, 11) is 0. The molecule has 0 N–H and O–H groups in total. The van der Waals surface area contributed by atoms with Crippen molar-refractivity contribution in [2.45, 2.75) is 6.92 Å². The molecule has 1 rings (SSSR count). The second kappa shape index (κ2) is 2.31. The van der Waals surface area contributed by atoms with Gasteiger partial charge in [-0.2, -0.15) is 4.39 Å². The first kappa shape index (κ1) is 6.49. The van der Waals surface area contributed by atoms with Crippen molar-refractivity contribution < 1.29 is 4.39 Å². The van der Waals surface area contributed by atoms with Gasteiger partial charge in [-0.1, -0.05) is 11.6 Å². The van der Waals surface area contributed by atoms with Gasteiger partial charge in [0, 0.05) is 0 Å². The average Bonchev–Trinajstić information content (AvgIpc) is 1.80. The third-order valence-electron chi connectivity index (χ3n) is 0.987. The Kier molecular flexibility index (Phi) is 1.67. The van der Waals surface area contributed by atoms with Crippen LogP contribution < -0.4 is 0 Å². The number of hydrogen-bond donors (Lipinski definition) is 0. The standard InChI is InChI=1S/C6H5ClFN/c1-4-5(7)2-3-6(8)9-4/h2-3H,1H3. The molecule has 0 spiro atoms. The molecular formula is C6H5ClFN. The number of aromatic nitrogens is 1. The van der Waals surface area contributed by atoms with E-state index in [0.717, 1.165) is 0 Å². The summed E-state index contributed by atoms with van der Waals surface area (Å²) in [6, 6.07) is 2.72. The highest BCUT2D eigenvalue weighted by Crippen LogP contribution is 2.11. The molecule has 0 amide bonds. The molecule has 0 unspecified atom stereocenters. The van der Waals surface area contributed by atoms with Crippen molar-refractivity contribution in [3.8, 4) is 0 Å². The van der Waals surface area contributed by atoms with Gasteiger partial charge in [0.25, 0.3) is 0 Å². The summed E-state index contributed by atoms with van der Waals surface area (Å²) >= 11 is 5.55. The second-order valence-electron chi connectivity index (χ2n) is 1.70. The van der Waals surface area contributed by atoms with Gasteiger partial charge in [0.1, 0.15) is 0 Å². The molecule has 1 aromatic heterocycles. The van der Waals surface area contributed by atoms with Crippen molar-refractivity contribution >= 4 is 11.6 Å². The van der Waals surface area contributed by atoms with Gasteiger partial charge in [0.05, 0.1) is 10.7 Å². The molecule has 0 atom stereocenters. The van der Waals surface area contributed by atoms with Crippen LogP contribution in [0, 0.1) is 12.9 Å². The molecule has 0 saturated carbocycles. The minimum absolute atomic E-state index is 0.489. The van der Waals surface area contributed by atoms with Gasteiger partial charge in [-0.3, -0.25) is 0 Å². The van der Waals surface area contributed by atoms with Crippen LogP contribution in [-0.4, -0.2) is 4.98 Å².